The lowest BCUT2D eigenvalue weighted by Crippen LogP contribution is -2.19. The number of pyridine rings is 1. The summed E-state index contributed by atoms with van der Waals surface area (Å²) >= 11 is 0. The van der Waals surface area contributed by atoms with E-state index in [0.717, 1.165) is 6.07 Å². The molecule has 1 aromatic heterocycles. The summed E-state index contributed by atoms with van der Waals surface area (Å²) < 4.78 is 63.9. The number of hydrogen-bond donors (Lipinski definition) is 0. The molecular weight excluding hydrogens is 281 g/mol. The van der Waals surface area contributed by atoms with Gasteiger partial charge in [0, 0.05) is 0 Å². The largest absolute Gasteiger partial charge is 0.574 e. The summed E-state index contributed by atoms with van der Waals surface area (Å²) in [6.07, 6.45) is -8.69. The van der Waals surface area contributed by atoms with E-state index in [0.29, 0.717) is 6.07 Å². The average molecular weight is 283 g/mol. The Kier molecular flexibility index (Phi) is 3.83. The molecule has 0 radical (unpaired) electrons. The zero-order valence-corrected chi connectivity index (χ0v) is 8.61. The third-order valence-electron chi connectivity index (χ3n) is 1.72. The minimum absolute atomic E-state index is 0.325. The predicted molar refractivity (Wildman–Crippen MR) is 47.2 cm³/mol. The van der Waals surface area contributed by atoms with Crippen molar-refractivity contribution in [2.45, 2.75) is 12.8 Å². The Balaban J connectivity index is 3.51. The van der Waals surface area contributed by atoms with Gasteiger partial charge in [-0.1, -0.05) is 0 Å². The fourth-order valence-corrected chi connectivity index (χ4v) is 1.09. The van der Waals surface area contributed by atoms with Gasteiger partial charge < -0.3 is 4.74 Å². The number of nitriles is 1. The van der Waals surface area contributed by atoms with E-state index >= 15 is 0 Å². The average Bonchev–Trinajstić information content (AvgIpc) is 2.24. The topological polar surface area (TPSA) is 89.0 Å². The molecule has 0 atom stereocenters. The SMILES string of the molecule is N#Cc1cc(C(F)F)nc(OC(F)(F)F)c1[N+](=O)[O-]. The van der Waals surface area contributed by atoms with Crippen molar-refractivity contribution in [3.63, 3.8) is 0 Å². The third kappa shape index (κ3) is 3.47. The molecule has 6 nitrogen and oxygen atoms in total. The molecule has 0 aromatic carbocycles. The van der Waals surface area contributed by atoms with Gasteiger partial charge in [0.25, 0.3) is 6.43 Å². The van der Waals surface area contributed by atoms with Crippen LogP contribution in [0.1, 0.15) is 17.7 Å². The van der Waals surface area contributed by atoms with Crippen LogP contribution in [0.15, 0.2) is 6.07 Å². The number of nitrogens with zero attached hydrogens (tertiary/aromatic N) is 3. The minimum atomic E-state index is -5.37. The van der Waals surface area contributed by atoms with Crippen molar-refractivity contribution < 1.29 is 31.6 Å². The first-order chi connectivity index (χ1) is 8.65. The van der Waals surface area contributed by atoms with E-state index in [1.165, 1.54) is 0 Å². The summed E-state index contributed by atoms with van der Waals surface area (Å²) in [6, 6.07) is 1.46. The molecule has 1 heterocycles. The van der Waals surface area contributed by atoms with Crippen molar-refractivity contribution in [1.82, 2.24) is 4.98 Å². The van der Waals surface area contributed by atoms with Crippen molar-refractivity contribution in [3.8, 4) is 11.9 Å². The van der Waals surface area contributed by atoms with Gasteiger partial charge in [-0.05, 0) is 6.07 Å². The Morgan fingerprint density at radius 1 is 1.47 bits per heavy atom. The Bertz CT molecular complexity index is 552. The quantitative estimate of drug-likeness (QED) is 0.483. The molecular formula is C8H2F5N3O3. The standard InChI is InChI=1S/C8H2F5N3O3/c9-6(10)4-1-3(2-14)5(16(17)18)7(15-4)19-8(11,12)13/h1,6H. The zero-order valence-electron chi connectivity index (χ0n) is 8.61. The van der Waals surface area contributed by atoms with Crippen LogP contribution in [0, 0.1) is 21.4 Å². The van der Waals surface area contributed by atoms with Gasteiger partial charge in [-0.2, -0.15) is 5.26 Å². The van der Waals surface area contributed by atoms with Crippen LogP contribution in [0.4, 0.5) is 27.6 Å². The number of halogens is 5. The highest BCUT2D eigenvalue weighted by Crippen LogP contribution is 2.35. The van der Waals surface area contributed by atoms with Crippen LogP contribution in [0.2, 0.25) is 0 Å². The van der Waals surface area contributed by atoms with Crippen LogP contribution < -0.4 is 4.74 Å². The van der Waals surface area contributed by atoms with Crippen molar-refractivity contribution >= 4 is 5.69 Å². The summed E-state index contributed by atoms with van der Waals surface area (Å²) in [5.41, 5.74) is -3.67. The second-order valence-corrected chi connectivity index (χ2v) is 2.97. The third-order valence-corrected chi connectivity index (χ3v) is 1.72. The van der Waals surface area contributed by atoms with Crippen LogP contribution in [0.25, 0.3) is 0 Å². The van der Waals surface area contributed by atoms with Crippen molar-refractivity contribution in [2.75, 3.05) is 0 Å². The first-order valence-electron chi connectivity index (χ1n) is 4.29. The first kappa shape index (κ1) is 14.6. The molecule has 19 heavy (non-hydrogen) atoms. The number of rotatable bonds is 3. The molecule has 0 N–H and O–H groups in total. The summed E-state index contributed by atoms with van der Waals surface area (Å²) in [4.78, 5) is 11.9. The van der Waals surface area contributed by atoms with Gasteiger partial charge in [0.2, 0.25) is 0 Å². The maximum Gasteiger partial charge on any atom is 0.574 e. The Morgan fingerprint density at radius 3 is 2.42 bits per heavy atom. The van der Waals surface area contributed by atoms with Crippen molar-refractivity contribution in [3.05, 3.63) is 27.4 Å². The molecule has 0 saturated carbocycles. The smallest absolute Gasteiger partial charge is 0.381 e. The molecule has 0 bridgehead atoms. The summed E-state index contributed by atoms with van der Waals surface area (Å²) in [6.45, 7) is 0. The lowest BCUT2D eigenvalue weighted by molar-refractivity contribution is -0.389. The number of alkyl halides is 5. The second kappa shape index (κ2) is 5.01. The second-order valence-electron chi connectivity index (χ2n) is 2.97. The molecule has 1 aromatic rings. The van der Waals surface area contributed by atoms with Crippen LogP contribution in [0.5, 0.6) is 5.88 Å². The number of hydrogen-bond acceptors (Lipinski definition) is 5. The van der Waals surface area contributed by atoms with E-state index in [-0.39, 0.29) is 0 Å². The maximum atomic E-state index is 12.4. The fourth-order valence-electron chi connectivity index (χ4n) is 1.09. The molecule has 0 unspecified atom stereocenters. The van der Waals surface area contributed by atoms with Gasteiger partial charge in [-0.3, -0.25) is 10.1 Å². The Hall–Kier alpha value is -2.51. The Labute approximate surface area is 101 Å². The summed E-state index contributed by atoms with van der Waals surface area (Å²) in [5, 5.41) is 19.1. The zero-order chi connectivity index (χ0) is 14.8. The first-order valence-corrected chi connectivity index (χ1v) is 4.29. The minimum Gasteiger partial charge on any atom is -0.381 e. The number of ether oxygens (including phenoxy) is 1. The monoisotopic (exact) mass is 283 g/mol. The predicted octanol–water partition coefficient (Wildman–Crippen LogP) is 2.70. The molecule has 0 saturated heterocycles. The normalized spacial score (nSPS) is 11.2. The van der Waals surface area contributed by atoms with Gasteiger partial charge in [0.15, 0.2) is 0 Å². The van der Waals surface area contributed by atoms with Gasteiger partial charge in [0.1, 0.15) is 17.3 Å². The molecule has 0 fully saturated rings. The highest BCUT2D eigenvalue weighted by atomic mass is 19.4. The Morgan fingerprint density at radius 2 is 2.05 bits per heavy atom. The maximum absolute atomic E-state index is 12.4. The molecule has 102 valence electrons. The van der Waals surface area contributed by atoms with E-state index < -0.39 is 40.5 Å². The molecule has 0 amide bonds. The van der Waals surface area contributed by atoms with E-state index in [1.807, 2.05) is 0 Å². The lowest BCUT2D eigenvalue weighted by atomic mass is 10.2. The van der Waals surface area contributed by atoms with E-state index in [9.17, 15) is 32.1 Å². The van der Waals surface area contributed by atoms with Crippen LogP contribution in [-0.2, 0) is 0 Å². The van der Waals surface area contributed by atoms with Gasteiger partial charge in [0.05, 0.1) is 4.92 Å². The van der Waals surface area contributed by atoms with Crippen molar-refractivity contribution in [2.24, 2.45) is 0 Å². The number of aromatic nitrogens is 1. The molecule has 0 aliphatic heterocycles. The van der Waals surface area contributed by atoms with E-state index in [2.05, 4.69) is 9.72 Å². The van der Waals surface area contributed by atoms with Gasteiger partial charge >= 0.3 is 17.9 Å². The molecule has 1 rings (SSSR count). The van der Waals surface area contributed by atoms with Gasteiger partial charge in [-0.15, -0.1) is 13.2 Å². The molecule has 0 aliphatic carbocycles. The molecule has 11 heteroatoms. The lowest BCUT2D eigenvalue weighted by Gasteiger charge is -2.10. The highest BCUT2D eigenvalue weighted by molar-refractivity contribution is 5.56. The summed E-state index contributed by atoms with van der Waals surface area (Å²) in [7, 11) is 0. The highest BCUT2D eigenvalue weighted by Gasteiger charge is 2.37. The van der Waals surface area contributed by atoms with Crippen LogP contribution in [0.3, 0.4) is 0 Å². The van der Waals surface area contributed by atoms with E-state index in [4.69, 9.17) is 5.26 Å². The van der Waals surface area contributed by atoms with E-state index in [1.54, 1.807) is 0 Å². The summed E-state index contributed by atoms with van der Waals surface area (Å²) in [5.74, 6) is -1.70. The van der Waals surface area contributed by atoms with Crippen LogP contribution >= 0.6 is 0 Å². The fraction of sp³-hybridized carbons (Fsp3) is 0.250. The van der Waals surface area contributed by atoms with Crippen molar-refractivity contribution in [1.29, 1.82) is 5.26 Å². The molecule has 0 aliphatic rings. The number of nitro groups is 1. The van der Waals surface area contributed by atoms with Crippen LogP contribution in [-0.4, -0.2) is 16.3 Å². The molecule has 0 spiro atoms. The van der Waals surface area contributed by atoms with Gasteiger partial charge in [-0.25, -0.2) is 13.8 Å².